The molecule has 6 heteroatoms. The van der Waals surface area contributed by atoms with Crippen molar-refractivity contribution in [3.05, 3.63) is 24.3 Å². The van der Waals surface area contributed by atoms with E-state index >= 15 is 0 Å². The molecule has 0 saturated heterocycles. The van der Waals surface area contributed by atoms with Crippen molar-refractivity contribution in [3.8, 4) is 0 Å². The van der Waals surface area contributed by atoms with Crippen molar-refractivity contribution >= 4 is 5.97 Å². The summed E-state index contributed by atoms with van der Waals surface area (Å²) < 4.78 is 0. The predicted octanol–water partition coefficient (Wildman–Crippen LogP) is 2.47. The van der Waals surface area contributed by atoms with E-state index in [1.807, 2.05) is 0 Å². The zero-order valence-electron chi connectivity index (χ0n) is 14.5. The Hall–Kier alpha value is -1.21. The van der Waals surface area contributed by atoms with Gasteiger partial charge < -0.3 is 25.5 Å². The molecular weight excluding hydrogens is 312 g/mol. The predicted molar refractivity (Wildman–Crippen MR) is 92.1 cm³/mol. The van der Waals surface area contributed by atoms with E-state index < -0.39 is 24.0 Å². The van der Waals surface area contributed by atoms with Gasteiger partial charge in [-0.3, -0.25) is 0 Å². The van der Waals surface area contributed by atoms with Crippen LogP contribution in [0.15, 0.2) is 24.3 Å². The smallest absolute Gasteiger partial charge is 0.370 e. The summed E-state index contributed by atoms with van der Waals surface area (Å²) in [5.74, 6) is -8.70. The molecular formula is C18H32O6. The summed E-state index contributed by atoms with van der Waals surface area (Å²) in [5, 5.41) is 45.7. The summed E-state index contributed by atoms with van der Waals surface area (Å²) in [5.41, 5.74) is 0. The number of hydrogen-bond acceptors (Lipinski definition) is 5. The molecule has 5 N–H and O–H groups in total. The van der Waals surface area contributed by atoms with Crippen LogP contribution < -0.4 is 0 Å². The zero-order chi connectivity index (χ0) is 18.5. The Bertz CT molecular complexity index is 398. The average molecular weight is 344 g/mol. The summed E-state index contributed by atoms with van der Waals surface area (Å²) in [6.45, 7) is 2.18. The van der Waals surface area contributed by atoms with Gasteiger partial charge in [0.15, 0.2) is 0 Å². The molecule has 0 bridgehead atoms. The first-order valence-electron chi connectivity index (χ1n) is 8.68. The molecule has 140 valence electrons. The molecule has 0 rings (SSSR count). The lowest BCUT2D eigenvalue weighted by atomic mass is 9.98. The Balaban J connectivity index is 3.73. The molecule has 0 aliphatic heterocycles. The molecule has 0 amide bonds. The normalized spacial score (nSPS) is 13.2. The molecule has 0 aliphatic carbocycles. The molecule has 0 heterocycles. The van der Waals surface area contributed by atoms with E-state index in [1.54, 1.807) is 0 Å². The first kappa shape index (κ1) is 22.8. The van der Waals surface area contributed by atoms with Crippen LogP contribution in [0.4, 0.5) is 0 Å². The van der Waals surface area contributed by atoms with Gasteiger partial charge in [0.05, 0.1) is 0 Å². The zero-order valence-corrected chi connectivity index (χ0v) is 14.5. The van der Waals surface area contributed by atoms with Gasteiger partial charge in [-0.15, -0.1) is 0 Å². The molecule has 24 heavy (non-hydrogen) atoms. The van der Waals surface area contributed by atoms with Gasteiger partial charge in [0.2, 0.25) is 5.79 Å². The Morgan fingerprint density at radius 3 is 1.88 bits per heavy atom. The lowest BCUT2D eigenvalue weighted by molar-refractivity contribution is -0.346. The van der Waals surface area contributed by atoms with Gasteiger partial charge in [-0.2, -0.15) is 0 Å². The minimum atomic E-state index is -3.56. The maximum Gasteiger partial charge on any atom is 0.370 e. The van der Waals surface area contributed by atoms with Crippen molar-refractivity contribution in [1.82, 2.24) is 0 Å². The van der Waals surface area contributed by atoms with Crippen molar-refractivity contribution in [2.45, 2.75) is 82.7 Å². The monoisotopic (exact) mass is 344 g/mol. The highest BCUT2D eigenvalue weighted by atomic mass is 16.6. The molecule has 6 nitrogen and oxygen atoms in total. The highest BCUT2D eigenvalue weighted by Gasteiger charge is 2.53. The lowest BCUT2D eigenvalue weighted by Gasteiger charge is -2.31. The van der Waals surface area contributed by atoms with Gasteiger partial charge in [-0.05, 0) is 38.5 Å². The standard InChI is InChI=1S/C18H32O6/c1-2-3-4-5-6-7-8-9-10-11-12-13-14-15-17(21,22)18(23,24)16(19)20/h6-7,9-10,21-24H,2-5,8,11-15H2,1H3,(H,19,20)/b7-6-,10-9-. The number of carboxylic acid groups (broad SMARTS) is 1. The number of unbranched alkanes of at least 4 members (excludes halogenated alkanes) is 6. The fourth-order valence-corrected chi connectivity index (χ4v) is 2.17. The lowest BCUT2D eigenvalue weighted by Crippen LogP contribution is -2.59. The summed E-state index contributed by atoms with van der Waals surface area (Å²) in [6.07, 6.45) is 16.4. The van der Waals surface area contributed by atoms with E-state index in [2.05, 4.69) is 31.2 Å². The van der Waals surface area contributed by atoms with Crippen molar-refractivity contribution in [3.63, 3.8) is 0 Å². The third-order valence-corrected chi connectivity index (χ3v) is 3.83. The van der Waals surface area contributed by atoms with Gasteiger partial charge in [0, 0.05) is 6.42 Å². The van der Waals surface area contributed by atoms with Crippen LogP contribution in [0.1, 0.15) is 71.1 Å². The van der Waals surface area contributed by atoms with Crippen LogP contribution >= 0.6 is 0 Å². The largest absolute Gasteiger partial charge is 0.477 e. The third-order valence-electron chi connectivity index (χ3n) is 3.83. The average Bonchev–Trinajstić information content (AvgIpc) is 2.51. The number of carbonyl (C=O) groups is 1. The molecule has 0 aromatic rings. The first-order chi connectivity index (χ1) is 11.3. The quantitative estimate of drug-likeness (QED) is 0.188. The molecule has 0 spiro atoms. The first-order valence-corrected chi connectivity index (χ1v) is 8.68. The van der Waals surface area contributed by atoms with Crippen molar-refractivity contribution in [2.75, 3.05) is 0 Å². The van der Waals surface area contributed by atoms with E-state index in [4.69, 9.17) is 15.3 Å². The molecule has 0 aromatic carbocycles. The van der Waals surface area contributed by atoms with Crippen LogP contribution in [0.3, 0.4) is 0 Å². The number of allylic oxidation sites excluding steroid dienone is 4. The number of rotatable bonds is 14. The van der Waals surface area contributed by atoms with E-state index in [0.717, 1.165) is 25.7 Å². The molecule has 0 aromatic heterocycles. The topological polar surface area (TPSA) is 118 Å². The van der Waals surface area contributed by atoms with Crippen LogP contribution in [0.25, 0.3) is 0 Å². The summed E-state index contributed by atoms with van der Waals surface area (Å²) in [7, 11) is 0. The van der Waals surface area contributed by atoms with E-state index in [9.17, 15) is 15.0 Å². The fraction of sp³-hybridized carbons (Fsp3) is 0.722. The maximum atomic E-state index is 10.6. The Morgan fingerprint density at radius 2 is 1.38 bits per heavy atom. The maximum absolute atomic E-state index is 10.6. The minimum absolute atomic E-state index is 0.286. The van der Waals surface area contributed by atoms with Gasteiger partial charge >= 0.3 is 11.8 Å². The van der Waals surface area contributed by atoms with Gasteiger partial charge in [0.25, 0.3) is 0 Å². The second-order valence-electron chi connectivity index (χ2n) is 6.07. The highest BCUT2D eigenvalue weighted by Crippen LogP contribution is 2.24. The van der Waals surface area contributed by atoms with Crippen molar-refractivity contribution in [1.29, 1.82) is 0 Å². The Kier molecular flexibility index (Phi) is 11.6. The van der Waals surface area contributed by atoms with Gasteiger partial charge in [-0.25, -0.2) is 4.79 Å². The van der Waals surface area contributed by atoms with Crippen molar-refractivity contribution in [2.24, 2.45) is 0 Å². The highest BCUT2D eigenvalue weighted by molar-refractivity contribution is 5.76. The van der Waals surface area contributed by atoms with E-state index in [1.165, 1.54) is 19.3 Å². The summed E-state index contributed by atoms with van der Waals surface area (Å²) in [4.78, 5) is 10.6. The molecule has 0 unspecified atom stereocenters. The SMILES string of the molecule is CCCCC/C=C\C/C=C\CCCCCC(O)(O)C(O)(O)C(=O)O. The number of aliphatic hydroxyl groups is 4. The van der Waals surface area contributed by atoms with E-state index in [-0.39, 0.29) is 6.42 Å². The second kappa shape index (κ2) is 12.2. The van der Waals surface area contributed by atoms with Crippen molar-refractivity contribution < 1.29 is 30.3 Å². The Morgan fingerprint density at radius 1 is 0.833 bits per heavy atom. The third kappa shape index (κ3) is 9.17. The Labute approximate surface area is 144 Å². The number of aliphatic carboxylic acids is 1. The van der Waals surface area contributed by atoms with Crippen LogP contribution in [0.5, 0.6) is 0 Å². The second-order valence-corrected chi connectivity index (χ2v) is 6.07. The van der Waals surface area contributed by atoms with Crippen LogP contribution in [-0.4, -0.2) is 43.1 Å². The van der Waals surface area contributed by atoms with Gasteiger partial charge in [0.1, 0.15) is 0 Å². The molecule has 0 saturated carbocycles. The van der Waals surface area contributed by atoms with Crippen LogP contribution in [0, 0.1) is 0 Å². The number of hydrogen-bond donors (Lipinski definition) is 5. The molecule has 0 aliphatic rings. The van der Waals surface area contributed by atoms with Crippen LogP contribution in [-0.2, 0) is 4.79 Å². The summed E-state index contributed by atoms with van der Waals surface area (Å²) >= 11 is 0. The van der Waals surface area contributed by atoms with Crippen LogP contribution in [0.2, 0.25) is 0 Å². The molecule has 0 fully saturated rings. The van der Waals surface area contributed by atoms with E-state index in [0.29, 0.717) is 6.42 Å². The fourth-order valence-electron chi connectivity index (χ4n) is 2.17. The van der Waals surface area contributed by atoms with Gasteiger partial charge in [-0.1, -0.05) is 50.5 Å². The summed E-state index contributed by atoms with van der Waals surface area (Å²) in [6, 6.07) is 0. The minimum Gasteiger partial charge on any atom is -0.477 e. The molecule has 0 atom stereocenters. The molecule has 0 radical (unpaired) electrons. The number of carboxylic acids is 1.